The highest BCUT2D eigenvalue weighted by Crippen LogP contribution is 2.36. The molecule has 2 unspecified atom stereocenters. The number of hydrogen-bond acceptors (Lipinski definition) is 4. The molecule has 2 aliphatic rings. The molecule has 2 aromatic carbocycles. The third kappa shape index (κ3) is 5.77. The van der Waals surface area contributed by atoms with E-state index in [0.29, 0.717) is 18.2 Å². The fourth-order valence-electron chi connectivity index (χ4n) is 5.22. The van der Waals surface area contributed by atoms with Crippen molar-refractivity contribution in [1.29, 1.82) is 0 Å². The zero-order chi connectivity index (χ0) is 23.4. The van der Waals surface area contributed by atoms with Gasteiger partial charge in [0.05, 0.1) is 11.7 Å². The maximum Gasteiger partial charge on any atom is 0.255 e. The second-order valence-electron chi connectivity index (χ2n) is 10.1. The van der Waals surface area contributed by atoms with Crippen molar-refractivity contribution in [3.63, 3.8) is 0 Å². The van der Waals surface area contributed by atoms with E-state index >= 15 is 0 Å². The molecular weight excluding hydrogens is 412 g/mol. The van der Waals surface area contributed by atoms with Crippen molar-refractivity contribution >= 4 is 5.91 Å². The van der Waals surface area contributed by atoms with Crippen LogP contribution in [-0.4, -0.2) is 53.8 Å². The van der Waals surface area contributed by atoms with Gasteiger partial charge < -0.3 is 14.4 Å². The second-order valence-corrected chi connectivity index (χ2v) is 10.1. The third-order valence-corrected chi connectivity index (χ3v) is 6.95. The quantitative estimate of drug-likeness (QED) is 0.601. The van der Waals surface area contributed by atoms with E-state index in [2.05, 4.69) is 42.2 Å². The summed E-state index contributed by atoms with van der Waals surface area (Å²) in [5.74, 6) is 1.50. The third-order valence-electron chi connectivity index (χ3n) is 6.95. The number of carbonyl (C=O) groups is 1. The molecule has 0 aromatic heterocycles. The van der Waals surface area contributed by atoms with Gasteiger partial charge in [-0.05, 0) is 68.9 Å². The second kappa shape index (κ2) is 10.3. The number of piperidine rings is 1. The molecule has 0 saturated carbocycles. The van der Waals surface area contributed by atoms with Crippen LogP contribution in [0.5, 0.6) is 5.75 Å². The van der Waals surface area contributed by atoms with E-state index in [4.69, 9.17) is 9.47 Å². The summed E-state index contributed by atoms with van der Waals surface area (Å²) in [5, 5.41) is 0. The predicted molar refractivity (Wildman–Crippen MR) is 131 cm³/mol. The highest BCUT2D eigenvalue weighted by atomic mass is 16.5. The van der Waals surface area contributed by atoms with Gasteiger partial charge in [0, 0.05) is 31.7 Å². The lowest BCUT2D eigenvalue weighted by Gasteiger charge is -2.49. The van der Waals surface area contributed by atoms with Gasteiger partial charge in [-0.25, -0.2) is 0 Å². The average molecular weight is 451 g/mol. The van der Waals surface area contributed by atoms with E-state index < -0.39 is 0 Å². The van der Waals surface area contributed by atoms with Crippen molar-refractivity contribution in [2.24, 2.45) is 5.92 Å². The van der Waals surface area contributed by atoms with Crippen LogP contribution in [0.3, 0.4) is 0 Å². The number of amides is 1. The van der Waals surface area contributed by atoms with Crippen LogP contribution >= 0.6 is 0 Å². The molecule has 4 rings (SSSR count). The van der Waals surface area contributed by atoms with Crippen LogP contribution in [0.4, 0.5) is 0 Å². The van der Waals surface area contributed by atoms with Gasteiger partial charge in [-0.15, -0.1) is 0 Å². The first kappa shape index (κ1) is 23.8. The van der Waals surface area contributed by atoms with Gasteiger partial charge in [-0.3, -0.25) is 9.69 Å². The molecule has 2 aliphatic heterocycles. The first-order valence-corrected chi connectivity index (χ1v) is 12.3. The number of likely N-dealkylation sites (tertiary alicyclic amines) is 1. The molecule has 1 amide bonds. The van der Waals surface area contributed by atoms with Crippen LogP contribution < -0.4 is 4.74 Å². The van der Waals surface area contributed by atoms with Gasteiger partial charge in [0.15, 0.2) is 0 Å². The van der Waals surface area contributed by atoms with Gasteiger partial charge in [0.2, 0.25) is 0 Å². The Balaban J connectivity index is 1.40. The van der Waals surface area contributed by atoms with Gasteiger partial charge in [-0.2, -0.15) is 0 Å². The number of aryl methyl sites for hydroxylation is 1. The maximum absolute atomic E-state index is 13.2. The Kier molecular flexibility index (Phi) is 7.40. The van der Waals surface area contributed by atoms with Gasteiger partial charge in [0.1, 0.15) is 12.5 Å². The molecule has 5 heteroatoms. The van der Waals surface area contributed by atoms with Gasteiger partial charge in [-0.1, -0.05) is 43.7 Å². The highest BCUT2D eigenvalue weighted by Gasteiger charge is 2.43. The summed E-state index contributed by atoms with van der Waals surface area (Å²) >= 11 is 0. The number of carbonyl (C=O) groups excluding carboxylic acids is 1. The summed E-state index contributed by atoms with van der Waals surface area (Å²) < 4.78 is 12.3. The van der Waals surface area contributed by atoms with Crippen LogP contribution in [0.15, 0.2) is 48.5 Å². The molecule has 2 atom stereocenters. The molecule has 0 radical (unpaired) electrons. The molecule has 0 aliphatic carbocycles. The van der Waals surface area contributed by atoms with E-state index in [1.165, 1.54) is 5.56 Å². The molecule has 5 nitrogen and oxygen atoms in total. The Hall–Kier alpha value is -2.37. The minimum Gasteiger partial charge on any atom is -0.491 e. The molecule has 0 bridgehead atoms. The minimum atomic E-state index is -0.157. The summed E-state index contributed by atoms with van der Waals surface area (Å²) in [6.07, 6.45) is 3.23. The minimum absolute atomic E-state index is 0.0352. The van der Waals surface area contributed by atoms with E-state index in [9.17, 15) is 4.79 Å². The van der Waals surface area contributed by atoms with E-state index in [1.807, 2.05) is 43.9 Å². The molecule has 2 heterocycles. The molecule has 33 heavy (non-hydrogen) atoms. The Labute approximate surface area is 198 Å². The Morgan fingerprint density at radius 3 is 2.64 bits per heavy atom. The molecule has 178 valence electrons. The Morgan fingerprint density at radius 1 is 1.21 bits per heavy atom. The molecule has 2 saturated heterocycles. The van der Waals surface area contributed by atoms with Crippen molar-refractivity contribution in [3.05, 3.63) is 65.2 Å². The summed E-state index contributed by atoms with van der Waals surface area (Å²) in [7, 11) is 0. The lowest BCUT2D eigenvalue weighted by Crippen LogP contribution is -2.58. The SMILES string of the molecule is CCC1CN(Cc2ccccc2)CC2(CCN(C(=O)c3ccc(OC(C)C)c(C)c3)CO2)C1. The monoisotopic (exact) mass is 450 g/mol. The summed E-state index contributed by atoms with van der Waals surface area (Å²) in [4.78, 5) is 17.6. The van der Waals surface area contributed by atoms with Crippen molar-refractivity contribution in [2.45, 2.75) is 65.2 Å². The fraction of sp³-hybridized carbons (Fsp3) is 0.536. The Morgan fingerprint density at radius 2 is 2.00 bits per heavy atom. The van der Waals surface area contributed by atoms with Gasteiger partial charge in [0.25, 0.3) is 5.91 Å². The smallest absolute Gasteiger partial charge is 0.255 e. The van der Waals surface area contributed by atoms with Crippen LogP contribution in [0, 0.1) is 12.8 Å². The normalized spacial score (nSPS) is 23.8. The van der Waals surface area contributed by atoms with Gasteiger partial charge >= 0.3 is 0 Å². The van der Waals surface area contributed by atoms with Crippen molar-refractivity contribution in [3.8, 4) is 5.75 Å². The van der Waals surface area contributed by atoms with E-state index in [1.54, 1.807) is 0 Å². The first-order valence-electron chi connectivity index (χ1n) is 12.3. The van der Waals surface area contributed by atoms with Crippen LogP contribution in [0.25, 0.3) is 0 Å². The molecule has 2 aromatic rings. The van der Waals surface area contributed by atoms with Crippen molar-refractivity contribution < 1.29 is 14.3 Å². The lowest BCUT2D eigenvalue weighted by molar-refractivity contribution is -0.164. The molecular formula is C28H38N2O3. The van der Waals surface area contributed by atoms with E-state index in [-0.39, 0.29) is 17.6 Å². The largest absolute Gasteiger partial charge is 0.491 e. The molecule has 0 N–H and O–H groups in total. The molecule has 2 fully saturated rings. The van der Waals surface area contributed by atoms with Crippen molar-refractivity contribution in [1.82, 2.24) is 9.80 Å². The lowest BCUT2D eigenvalue weighted by atomic mass is 9.81. The Bertz CT molecular complexity index is 935. The number of benzene rings is 2. The summed E-state index contributed by atoms with van der Waals surface area (Å²) in [6, 6.07) is 16.4. The highest BCUT2D eigenvalue weighted by molar-refractivity contribution is 5.94. The first-order chi connectivity index (χ1) is 15.9. The number of rotatable bonds is 6. The van der Waals surface area contributed by atoms with Crippen molar-refractivity contribution in [2.75, 3.05) is 26.4 Å². The summed E-state index contributed by atoms with van der Waals surface area (Å²) in [6.45, 7) is 12.4. The predicted octanol–water partition coefficient (Wildman–Crippen LogP) is 5.27. The maximum atomic E-state index is 13.2. The van der Waals surface area contributed by atoms with Crippen LogP contribution in [-0.2, 0) is 11.3 Å². The zero-order valence-corrected chi connectivity index (χ0v) is 20.5. The number of nitrogens with zero attached hydrogens (tertiary/aromatic N) is 2. The van der Waals surface area contributed by atoms with Crippen LogP contribution in [0.1, 0.15) is 61.5 Å². The summed E-state index contributed by atoms with van der Waals surface area (Å²) in [5.41, 5.74) is 2.87. The standard InChI is InChI=1S/C28H38N2O3/c1-5-23-16-28(19-29(17-23)18-24-9-7-6-8-10-24)13-14-30(20-32-28)27(31)25-11-12-26(22(4)15-25)33-21(2)3/h6-12,15,21,23H,5,13-14,16-20H2,1-4H3. The van der Waals surface area contributed by atoms with E-state index in [0.717, 1.165) is 56.8 Å². The average Bonchev–Trinajstić information content (AvgIpc) is 2.80. The number of hydrogen-bond donors (Lipinski definition) is 0. The zero-order valence-electron chi connectivity index (χ0n) is 20.5. The van der Waals surface area contributed by atoms with Crippen LogP contribution in [0.2, 0.25) is 0 Å². The molecule has 1 spiro atoms. The fourth-order valence-corrected chi connectivity index (χ4v) is 5.22. The topological polar surface area (TPSA) is 42.0 Å². The number of ether oxygens (including phenoxy) is 2.